The molecule has 1 aliphatic rings. The van der Waals surface area contributed by atoms with Crippen LogP contribution >= 0.6 is 0 Å². The van der Waals surface area contributed by atoms with Crippen molar-refractivity contribution in [2.24, 2.45) is 5.92 Å². The van der Waals surface area contributed by atoms with Gasteiger partial charge in [-0.15, -0.1) is 0 Å². The van der Waals surface area contributed by atoms with Crippen LogP contribution in [0.15, 0.2) is 0 Å². The van der Waals surface area contributed by atoms with E-state index in [1.165, 1.54) is 38.6 Å². The highest BCUT2D eigenvalue weighted by Gasteiger charge is 2.22. The van der Waals surface area contributed by atoms with Crippen molar-refractivity contribution in [3.05, 3.63) is 0 Å². The number of rotatable bonds is 6. The lowest BCUT2D eigenvalue weighted by atomic mass is 9.84. The van der Waals surface area contributed by atoms with Crippen LogP contribution in [0.5, 0.6) is 0 Å². The van der Waals surface area contributed by atoms with Crippen molar-refractivity contribution in [3.8, 4) is 0 Å². The maximum atomic E-state index is 3.40. The van der Waals surface area contributed by atoms with E-state index >= 15 is 0 Å². The molecule has 0 amide bonds. The third-order valence-electron chi connectivity index (χ3n) is 3.91. The van der Waals surface area contributed by atoms with Crippen molar-refractivity contribution in [1.29, 1.82) is 0 Å². The molecule has 0 unspecified atom stereocenters. The van der Waals surface area contributed by atoms with Crippen LogP contribution in [-0.2, 0) is 0 Å². The van der Waals surface area contributed by atoms with Gasteiger partial charge in [0.1, 0.15) is 0 Å². The summed E-state index contributed by atoms with van der Waals surface area (Å²) >= 11 is 0. The highest BCUT2D eigenvalue weighted by Crippen LogP contribution is 2.28. The molecule has 2 nitrogen and oxygen atoms in total. The highest BCUT2D eigenvalue weighted by atomic mass is 15.1. The first kappa shape index (κ1) is 13.0. The SMILES string of the molecule is CCNCCN(C)C1CCC(CC)CC1. The molecular formula is C13H28N2. The zero-order valence-corrected chi connectivity index (χ0v) is 10.8. The molecule has 0 aromatic heterocycles. The maximum Gasteiger partial charge on any atom is 0.0107 e. The first-order valence-corrected chi connectivity index (χ1v) is 6.68. The van der Waals surface area contributed by atoms with Gasteiger partial charge in [0, 0.05) is 19.1 Å². The second kappa shape index (κ2) is 7.24. The second-order valence-corrected chi connectivity index (χ2v) is 4.92. The minimum Gasteiger partial charge on any atom is -0.316 e. The normalized spacial score (nSPS) is 27.2. The monoisotopic (exact) mass is 212 g/mol. The Balaban J connectivity index is 2.15. The Labute approximate surface area is 95.4 Å². The summed E-state index contributed by atoms with van der Waals surface area (Å²) in [6.07, 6.45) is 7.12. The van der Waals surface area contributed by atoms with E-state index in [-0.39, 0.29) is 0 Å². The van der Waals surface area contributed by atoms with Gasteiger partial charge in [-0.2, -0.15) is 0 Å². The first-order valence-electron chi connectivity index (χ1n) is 6.68. The molecule has 0 spiro atoms. The quantitative estimate of drug-likeness (QED) is 0.681. The van der Waals surface area contributed by atoms with Gasteiger partial charge >= 0.3 is 0 Å². The van der Waals surface area contributed by atoms with Crippen molar-refractivity contribution in [2.45, 2.75) is 52.0 Å². The summed E-state index contributed by atoms with van der Waals surface area (Å²) in [4.78, 5) is 2.55. The molecule has 1 N–H and O–H groups in total. The molecular weight excluding hydrogens is 184 g/mol. The molecule has 0 atom stereocenters. The molecule has 90 valence electrons. The van der Waals surface area contributed by atoms with Gasteiger partial charge in [-0.25, -0.2) is 0 Å². The molecule has 0 aromatic carbocycles. The summed E-state index contributed by atoms with van der Waals surface area (Å²) < 4.78 is 0. The fourth-order valence-electron chi connectivity index (χ4n) is 2.61. The standard InChI is InChI=1S/C13H28N2/c1-4-12-6-8-13(9-7-12)15(3)11-10-14-5-2/h12-14H,4-11H2,1-3H3. The molecule has 1 fully saturated rings. The number of hydrogen-bond donors (Lipinski definition) is 1. The van der Waals surface area contributed by atoms with E-state index in [2.05, 4.69) is 31.1 Å². The van der Waals surface area contributed by atoms with Crippen molar-refractivity contribution >= 4 is 0 Å². The summed E-state index contributed by atoms with van der Waals surface area (Å²) in [6, 6.07) is 0.853. The van der Waals surface area contributed by atoms with Crippen LogP contribution in [-0.4, -0.2) is 37.6 Å². The van der Waals surface area contributed by atoms with Crippen LogP contribution in [0.1, 0.15) is 46.0 Å². The predicted octanol–water partition coefficient (Wildman–Crippen LogP) is 2.50. The predicted molar refractivity (Wildman–Crippen MR) is 67.2 cm³/mol. The van der Waals surface area contributed by atoms with Crippen molar-refractivity contribution in [2.75, 3.05) is 26.7 Å². The smallest absolute Gasteiger partial charge is 0.0107 e. The van der Waals surface area contributed by atoms with Gasteiger partial charge in [0.25, 0.3) is 0 Å². The Hall–Kier alpha value is -0.0800. The lowest BCUT2D eigenvalue weighted by molar-refractivity contribution is 0.164. The van der Waals surface area contributed by atoms with Crippen LogP contribution in [0.4, 0.5) is 0 Å². The van der Waals surface area contributed by atoms with Gasteiger partial charge in [-0.05, 0) is 45.2 Å². The van der Waals surface area contributed by atoms with Crippen molar-refractivity contribution in [1.82, 2.24) is 10.2 Å². The van der Waals surface area contributed by atoms with Crippen LogP contribution in [0.3, 0.4) is 0 Å². The second-order valence-electron chi connectivity index (χ2n) is 4.92. The Morgan fingerprint density at radius 1 is 1.13 bits per heavy atom. The summed E-state index contributed by atoms with van der Waals surface area (Å²) in [5.41, 5.74) is 0. The number of hydrogen-bond acceptors (Lipinski definition) is 2. The molecule has 0 radical (unpaired) electrons. The largest absolute Gasteiger partial charge is 0.316 e. The zero-order valence-electron chi connectivity index (χ0n) is 10.8. The average molecular weight is 212 g/mol. The third-order valence-corrected chi connectivity index (χ3v) is 3.91. The fourth-order valence-corrected chi connectivity index (χ4v) is 2.61. The highest BCUT2D eigenvalue weighted by molar-refractivity contribution is 4.77. The van der Waals surface area contributed by atoms with E-state index in [0.717, 1.165) is 25.0 Å². The van der Waals surface area contributed by atoms with E-state index < -0.39 is 0 Å². The van der Waals surface area contributed by atoms with Crippen LogP contribution in [0.25, 0.3) is 0 Å². The Morgan fingerprint density at radius 3 is 2.33 bits per heavy atom. The van der Waals surface area contributed by atoms with Crippen LogP contribution in [0, 0.1) is 5.92 Å². The summed E-state index contributed by atoms with van der Waals surface area (Å²) in [6.45, 7) is 7.94. The van der Waals surface area contributed by atoms with Gasteiger partial charge < -0.3 is 10.2 Å². The summed E-state index contributed by atoms with van der Waals surface area (Å²) in [5, 5.41) is 3.40. The zero-order chi connectivity index (χ0) is 11.1. The minimum absolute atomic E-state index is 0.853. The summed E-state index contributed by atoms with van der Waals surface area (Å²) in [7, 11) is 2.29. The van der Waals surface area contributed by atoms with Gasteiger partial charge in [0.15, 0.2) is 0 Å². The lowest BCUT2D eigenvalue weighted by Gasteiger charge is -2.34. The van der Waals surface area contributed by atoms with Gasteiger partial charge in [0.05, 0.1) is 0 Å². The van der Waals surface area contributed by atoms with E-state index in [1.54, 1.807) is 0 Å². The molecule has 0 heterocycles. The summed E-state index contributed by atoms with van der Waals surface area (Å²) in [5.74, 6) is 1.02. The van der Waals surface area contributed by atoms with E-state index in [9.17, 15) is 0 Å². The average Bonchev–Trinajstić information content (AvgIpc) is 2.29. The molecule has 0 aromatic rings. The number of nitrogens with one attached hydrogen (secondary N) is 1. The molecule has 0 bridgehead atoms. The third kappa shape index (κ3) is 4.52. The lowest BCUT2D eigenvalue weighted by Crippen LogP contribution is -2.39. The van der Waals surface area contributed by atoms with E-state index in [4.69, 9.17) is 0 Å². The number of nitrogens with zero attached hydrogens (tertiary/aromatic N) is 1. The molecule has 1 saturated carbocycles. The molecule has 0 saturated heterocycles. The molecule has 1 aliphatic carbocycles. The van der Waals surface area contributed by atoms with Crippen LogP contribution < -0.4 is 5.32 Å². The molecule has 15 heavy (non-hydrogen) atoms. The maximum absolute atomic E-state index is 3.40. The van der Waals surface area contributed by atoms with Crippen molar-refractivity contribution in [3.63, 3.8) is 0 Å². The Morgan fingerprint density at radius 2 is 1.80 bits per heavy atom. The Bertz CT molecular complexity index is 151. The van der Waals surface area contributed by atoms with E-state index in [1.807, 2.05) is 0 Å². The fraction of sp³-hybridized carbons (Fsp3) is 1.00. The first-order chi connectivity index (χ1) is 7.27. The Kier molecular flexibility index (Phi) is 6.26. The van der Waals surface area contributed by atoms with Crippen LogP contribution in [0.2, 0.25) is 0 Å². The molecule has 0 aliphatic heterocycles. The van der Waals surface area contributed by atoms with E-state index in [0.29, 0.717) is 0 Å². The molecule has 2 heteroatoms. The van der Waals surface area contributed by atoms with Crippen molar-refractivity contribution < 1.29 is 0 Å². The molecule has 1 rings (SSSR count). The van der Waals surface area contributed by atoms with Gasteiger partial charge in [-0.3, -0.25) is 0 Å². The van der Waals surface area contributed by atoms with Gasteiger partial charge in [0.2, 0.25) is 0 Å². The number of likely N-dealkylation sites (N-methyl/N-ethyl adjacent to an activating group) is 2. The van der Waals surface area contributed by atoms with Gasteiger partial charge in [-0.1, -0.05) is 20.3 Å². The minimum atomic E-state index is 0.853. The topological polar surface area (TPSA) is 15.3 Å².